The number of hydrogen-bond acceptors (Lipinski definition) is 10. The molecule has 0 aromatic heterocycles. The first kappa shape index (κ1) is 34.5. The maximum absolute atomic E-state index is 12.5. The van der Waals surface area contributed by atoms with Crippen LogP contribution >= 0.6 is 23.2 Å². The van der Waals surface area contributed by atoms with Crippen molar-refractivity contribution >= 4 is 80.9 Å². The van der Waals surface area contributed by atoms with Crippen LogP contribution in [0.5, 0.6) is 0 Å². The van der Waals surface area contributed by atoms with Crippen LogP contribution in [0.15, 0.2) is 72.8 Å². The van der Waals surface area contributed by atoms with Gasteiger partial charge < -0.3 is 14.9 Å². The minimum atomic E-state index is -1.55. The Balaban J connectivity index is 0.000000242. The Labute approximate surface area is 298 Å². The molecule has 16 heteroatoms. The van der Waals surface area contributed by atoms with Gasteiger partial charge in [0.2, 0.25) is 0 Å². The van der Waals surface area contributed by atoms with Crippen LogP contribution in [0.25, 0.3) is 5.32 Å². The third kappa shape index (κ3) is 6.56. The second-order valence-electron chi connectivity index (χ2n) is 8.41. The van der Waals surface area contributed by atoms with Crippen molar-refractivity contribution in [1.29, 1.82) is 0 Å². The monoisotopic (exact) mass is 659 g/mol. The van der Waals surface area contributed by atoms with Crippen LogP contribution in [0.4, 0.5) is 0 Å². The molecular weight excluding hydrogens is 648 g/mol. The molecule has 0 fully saturated rings. The van der Waals surface area contributed by atoms with Crippen molar-refractivity contribution in [3.8, 4) is 0 Å². The molecule has 0 radical (unpaired) electrons. The van der Waals surface area contributed by atoms with Crippen LogP contribution in [0.3, 0.4) is 0 Å². The van der Waals surface area contributed by atoms with Gasteiger partial charge in [-0.05, 0) is 47.5 Å². The van der Waals surface area contributed by atoms with Gasteiger partial charge in [-0.15, -0.1) is 0 Å². The van der Waals surface area contributed by atoms with Gasteiger partial charge in [0.1, 0.15) is 0 Å². The fraction of sp³-hybridized carbons (Fsp3) is 0. The van der Waals surface area contributed by atoms with E-state index < -0.39 is 57.7 Å². The van der Waals surface area contributed by atoms with Crippen molar-refractivity contribution in [3.63, 3.8) is 0 Å². The van der Waals surface area contributed by atoms with Gasteiger partial charge >= 0.3 is 73.7 Å². The van der Waals surface area contributed by atoms with E-state index in [1.807, 2.05) is 0 Å². The van der Waals surface area contributed by atoms with Crippen LogP contribution in [-0.4, -0.2) is 67.5 Å². The van der Waals surface area contributed by atoms with E-state index in [0.29, 0.717) is 11.1 Å². The van der Waals surface area contributed by atoms with E-state index in [0.717, 1.165) is 0 Å². The van der Waals surface area contributed by atoms with Gasteiger partial charge in [-0.3, -0.25) is 38.4 Å². The predicted octanol–water partition coefficient (Wildman–Crippen LogP) is -0.493. The number of amides is 8. The van der Waals surface area contributed by atoms with Crippen LogP contribution in [0.2, 0.25) is 0 Å². The summed E-state index contributed by atoms with van der Waals surface area (Å²) in [4.78, 5) is 115. The molecule has 3 aromatic carbocycles. The van der Waals surface area contributed by atoms with E-state index in [-0.39, 0.29) is 83.4 Å². The molecule has 3 aromatic rings. The van der Waals surface area contributed by atoms with E-state index in [1.54, 1.807) is 24.3 Å². The molecule has 3 heterocycles. The molecule has 44 heavy (non-hydrogen) atoms. The summed E-state index contributed by atoms with van der Waals surface area (Å²) in [5.74, 6) is -7.84. The fourth-order valence-electron chi connectivity index (χ4n) is 4.01. The second kappa shape index (κ2) is 14.2. The molecule has 13 nitrogen and oxygen atoms in total. The van der Waals surface area contributed by atoms with Crippen LogP contribution < -0.4 is 51.4 Å². The van der Waals surface area contributed by atoms with Gasteiger partial charge in [0.15, 0.2) is 0 Å². The summed E-state index contributed by atoms with van der Waals surface area (Å²) in [5, 5.41) is 0.995. The Morgan fingerprint density at radius 2 is 0.682 bits per heavy atom. The van der Waals surface area contributed by atoms with E-state index in [9.17, 15) is 47.9 Å². The molecule has 6 rings (SSSR count). The van der Waals surface area contributed by atoms with Crippen molar-refractivity contribution in [2.24, 2.45) is 0 Å². The van der Waals surface area contributed by atoms with Crippen molar-refractivity contribution in [3.05, 3.63) is 111 Å². The molecule has 0 saturated carbocycles. The van der Waals surface area contributed by atoms with E-state index in [4.69, 9.17) is 0 Å². The molecule has 0 saturated heterocycles. The normalized spacial score (nSPS) is 13.8. The van der Waals surface area contributed by atoms with Crippen molar-refractivity contribution < 1.29 is 99.3 Å². The van der Waals surface area contributed by atoms with Gasteiger partial charge in [-0.2, -0.15) is 0 Å². The Hall–Kier alpha value is -4.02. The standard InChI is InChI=1S/C18H8N2O6.C8H5NO2.C2Cl2O2.K/c21-13-9-5-1-2-6-10(9)14(22)19(13)17(25)18(26)20-15(23)11-7-3-4-8-12(11)16(20)24;10-7-5-3-1-2-4-6(5)8(11)9-7;3-1(5)2(4)6;/h1-8H;1-4H,(H,9,10,11);;/q;;;+1/p-1. The summed E-state index contributed by atoms with van der Waals surface area (Å²) < 4.78 is 0. The molecule has 0 atom stereocenters. The molecule has 214 valence electrons. The van der Waals surface area contributed by atoms with Crippen LogP contribution in [-0.2, 0) is 19.2 Å². The summed E-state index contributed by atoms with van der Waals surface area (Å²) in [6, 6.07) is 18.0. The van der Waals surface area contributed by atoms with Gasteiger partial charge in [-0.1, -0.05) is 48.5 Å². The summed E-state index contributed by atoms with van der Waals surface area (Å²) in [6.07, 6.45) is 0. The topological polar surface area (TPSA) is 191 Å². The second-order valence-corrected chi connectivity index (χ2v) is 9.09. The number of hydrogen-bond donors (Lipinski definition) is 0. The molecular formula is C28H12Cl2KN3O10. The number of carbonyl (C=O) groups excluding carboxylic acids is 10. The Morgan fingerprint density at radius 3 is 0.909 bits per heavy atom. The number of benzene rings is 3. The van der Waals surface area contributed by atoms with Crippen molar-refractivity contribution in [2.45, 2.75) is 0 Å². The largest absolute Gasteiger partial charge is 1.00 e. The number of rotatable bonds is 1. The molecule has 0 bridgehead atoms. The van der Waals surface area contributed by atoms with Gasteiger partial charge in [0.25, 0.3) is 23.6 Å². The maximum atomic E-state index is 12.5. The molecule has 3 aliphatic heterocycles. The number of carbonyl (C=O) groups is 10. The quantitative estimate of drug-likeness (QED) is 0.142. The third-order valence-electron chi connectivity index (χ3n) is 5.92. The molecule has 0 unspecified atom stereocenters. The number of halogens is 2. The first-order valence-corrected chi connectivity index (χ1v) is 12.4. The minimum Gasteiger partial charge on any atom is -0.587 e. The zero-order valence-electron chi connectivity index (χ0n) is 22.1. The molecule has 0 aliphatic carbocycles. The number of fused-ring (bicyclic) bond motifs is 3. The van der Waals surface area contributed by atoms with Gasteiger partial charge in [-0.25, -0.2) is 9.80 Å². The predicted molar refractivity (Wildman–Crippen MR) is 144 cm³/mol. The Bertz CT molecular complexity index is 1640. The average molecular weight is 660 g/mol. The first-order valence-electron chi connectivity index (χ1n) is 11.7. The summed E-state index contributed by atoms with van der Waals surface area (Å²) in [7, 11) is 0. The zero-order chi connectivity index (χ0) is 31.6. The van der Waals surface area contributed by atoms with Crippen molar-refractivity contribution in [2.75, 3.05) is 0 Å². The molecule has 0 N–H and O–H groups in total. The van der Waals surface area contributed by atoms with E-state index in [1.165, 1.54) is 48.5 Å². The minimum absolute atomic E-state index is 0. The molecule has 0 spiro atoms. The Kier molecular flexibility index (Phi) is 11.1. The van der Waals surface area contributed by atoms with Gasteiger partial charge in [0.05, 0.1) is 34.1 Å². The molecule has 8 amide bonds. The number of imide groups is 7. The fourth-order valence-corrected chi connectivity index (χ4v) is 4.01. The average Bonchev–Trinajstić information content (AvgIpc) is 3.54. The van der Waals surface area contributed by atoms with Crippen LogP contribution in [0.1, 0.15) is 62.1 Å². The summed E-state index contributed by atoms with van der Waals surface area (Å²) >= 11 is 8.98. The number of nitrogens with zero attached hydrogens (tertiary/aromatic N) is 3. The summed E-state index contributed by atoms with van der Waals surface area (Å²) in [5.41, 5.74) is 0.721. The maximum Gasteiger partial charge on any atom is 1.00 e. The SMILES string of the molecule is O=C(C(=O)N1C(=O)c2ccccc2C1=O)N1C(=O)c2ccccc2C1=O.O=C(Cl)C(=O)Cl.O=C1[N-]C(=O)c2ccccc21.[K+]. The first-order chi connectivity index (χ1) is 20.4. The Morgan fingerprint density at radius 1 is 0.455 bits per heavy atom. The van der Waals surface area contributed by atoms with Crippen LogP contribution in [0, 0.1) is 0 Å². The van der Waals surface area contributed by atoms with E-state index >= 15 is 0 Å². The zero-order valence-corrected chi connectivity index (χ0v) is 26.7. The third-order valence-corrected chi connectivity index (χ3v) is 6.36. The molecule has 3 aliphatic rings. The van der Waals surface area contributed by atoms with Crippen molar-refractivity contribution in [1.82, 2.24) is 9.80 Å². The summed E-state index contributed by atoms with van der Waals surface area (Å²) in [6.45, 7) is 0. The smallest absolute Gasteiger partial charge is 0.587 e. The van der Waals surface area contributed by atoms with E-state index in [2.05, 4.69) is 28.5 Å². The van der Waals surface area contributed by atoms with Gasteiger partial charge in [0, 0.05) is 11.1 Å².